The smallest absolute Gasteiger partial charge is 0.242 e. The molecule has 3 rings (SSSR count). The molecule has 1 fully saturated rings. The number of anilines is 1. The largest absolute Gasteiger partial charge is 0.370 e. The van der Waals surface area contributed by atoms with E-state index in [9.17, 15) is 14.0 Å². The van der Waals surface area contributed by atoms with E-state index in [0.717, 1.165) is 18.7 Å². The number of hydrogen-bond acceptors (Lipinski definition) is 3. The van der Waals surface area contributed by atoms with Crippen LogP contribution in [0.25, 0.3) is 0 Å². The van der Waals surface area contributed by atoms with Crippen molar-refractivity contribution in [2.75, 3.05) is 37.6 Å². The van der Waals surface area contributed by atoms with E-state index >= 15 is 0 Å². The van der Waals surface area contributed by atoms with Crippen LogP contribution in [0.1, 0.15) is 12.0 Å². The lowest BCUT2D eigenvalue weighted by Crippen LogP contribution is -2.42. The van der Waals surface area contributed by atoms with Crippen LogP contribution >= 0.6 is 23.2 Å². The van der Waals surface area contributed by atoms with Crippen molar-refractivity contribution < 1.29 is 14.0 Å². The third-order valence-corrected chi connectivity index (χ3v) is 5.55. The van der Waals surface area contributed by atoms with E-state index < -0.39 is 0 Å². The fourth-order valence-electron chi connectivity index (χ4n) is 3.29. The lowest BCUT2D eigenvalue weighted by molar-refractivity contribution is -0.132. The molecule has 0 bridgehead atoms. The van der Waals surface area contributed by atoms with E-state index in [1.165, 1.54) is 12.1 Å². The average molecular weight is 438 g/mol. The molecule has 154 valence electrons. The molecule has 0 unspecified atom stereocenters. The van der Waals surface area contributed by atoms with Crippen molar-refractivity contribution in [3.63, 3.8) is 0 Å². The summed E-state index contributed by atoms with van der Waals surface area (Å²) in [4.78, 5) is 28.5. The molecule has 0 aliphatic carbocycles. The molecule has 1 aliphatic rings. The van der Waals surface area contributed by atoms with Gasteiger partial charge in [-0.15, -0.1) is 0 Å². The first-order valence-electron chi connectivity index (χ1n) is 9.41. The summed E-state index contributed by atoms with van der Waals surface area (Å²) in [6.45, 7) is 2.57. The molecule has 0 saturated carbocycles. The van der Waals surface area contributed by atoms with Gasteiger partial charge in [0, 0.05) is 31.9 Å². The van der Waals surface area contributed by atoms with Crippen LogP contribution in [0.4, 0.5) is 10.1 Å². The summed E-state index contributed by atoms with van der Waals surface area (Å²) >= 11 is 12.1. The van der Waals surface area contributed by atoms with Gasteiger partial charge in [-0.05, 0) is 42.3 Å². The number of benzene rings is 2. The molecule has 1 aliphatic heterocycles. The molecular formula is C21H22Cl2FN3O2. The van der Waals surface area contributed by atoms with Crippen LogP contribution in [0.5, 0.6) is 0 Å². The fraction of sp³-hybridized carbons (Fsp3) is 0.333. The normalized spacial score (nSPS) is 14.4. The lowest BCUT2D eigenvalue weighted by atomic mass is 10.1. The Balaban J connectivity index is 1.48. The van der Waals surface area contributed by atoms with Crippen molar-refractivity contribution >= 4 is 40.7 Å². The first-order chi connectivity index (χ1) is 13.9. The maximum Gasteiger partial charge on any atom is 0.242 e. The minimum Gasteiger partial charge on any atom is -0.370 e. The molecule has 0 aromatic heterocycles. The highest BCUT2D eigenvalue weighted by atomic mass is 35.5. The van der Waals surface area contributed by atoms with Gasteiger partial charge in [0.05, 0.1) is 23.0 Å². The van der Waals surface area contributed by atoms with Gasteiger partial charge in [0.2, 0.25) is 11.8 Å². The van der Waals surface area contributed by atoms with Gasteiger partial charge in [-0.25, -0.2) is 4.39 Å². The number of nitrogens with zero attached hydrogens (tertiary/aromatic N) is 2. The van der Waals surface area contributed by atoms with E-state index in [1.807, 2.05) is 12.1 Å². The van der Waals surface area contributed by atoms with Crippen LogP contribution in [0.2, 0.25) is 10.0 Å². The van der Waals surface area contributed by atoms with E-state index in [0.29, 0.717) is 35.2 Å². The predicted molar refractivity (Wildman–Crippen MR) is 113 cm³/mol. The van der Waals surface area contributed by atoms with E-state index in [4.69, 9.17) is 23.2 Å². The molecule has 5 nitrogen and oxygen atoms in total. The lowest BCUT2D eigenvalue weighted by Gasteiger charge is -2.24. The Kier molecular flexibility index (Phi) is 7.34. The van der Waals surface area contributed by atoms with E-state index in [2.05, 4.69) is 10.2 Å². The highest BCUT2D eigenvalue weighted by Gasteiger charge is 2.20. The Morgan fingerprint density at radius 1 is 1.00 bits per heavy atom. The summed E-state index contributed by atoms with van der Waals surface area (Å²) in [5.74, 6) is -0.827. The van der Waals surface area contributed by atoms with Gasteiger partial charge in [0.25, 0.3) is 0 Å². The van der Waals surface area contributed by atoms with Crippen molar-refractivity contribution in [3.8, 4) is 0 Å². The van der Waals surface area contributed by atoms with Crippen molar-refractivity contribution in [1.82, 2.24) is 10.2 Å². The Hall–Kier alpha value is -2.31. The molecular weight excluding hydrogens is 416 g/mol. The summed E-state index contributed by atoms with van der Waals surface area (Å²) in [6.07, 6.45) is 0.847. The summed E-state index contributed by atoms with van der Waals surface area (Å²) in [6, 6.07) is 11.4. The highest BCUT2D eigenvalue weighted by molar-refractivity contribution is 6.42. The molecule has 0 spiro atoms. The topological polar surface area (TPSA) is 52.7 Å². The number of carbonyl (C=O) groups excluding carboxylic acids is 2. The number of rotatable bonds is 5. The Morgan fingerprint density at radius 3 is 2.59 bits per heavy atom. The van der Waals surface area contributed by atoms with Gasteiger partial charge in [-0.3, -0.25) is 9.59 Å². The quantitative estimate of drug-likeness (QED) is 0.778. The molecule has 2 amide bonds. The van der Waals surface area contributed by atoms with Crippen molar-refractivity contribution in [3.05, 3.63) is 63.9 Å². The minimum absolute atomic E-state index is 0.0378. The number of carbonyl (C=O) groups is 2. The predicted octanol–water partition coefficient (Wildman–Crippen LogP) is 3.53. The van der Waals surface area contributed by atoms with Crippen LogP contribution < -0.4 is 10.2 Å². The number of halogens is 3. The van der Waals surface area contributed by atoms with Crippen molar-refractivity contribution in [2.24, 2.45) is 0 Å². The summed E-state index contributed by atoms with van der Waals surface area (Å²) in [7, 11) is 0. The second kappa shape index (κ2) is 9.94. The molecule has 2 aromatic carbocycles. The monoisotopic (exact) mass is 437 g/mol. The Labute approximate surface area is 179 Å². The zero-order chi connectivity index (χ0) is 20.8. The van der Waals surface area contributed by atoms with E-state index in [-0.39, 0.29) is 30.6 Å². The van der Waals surface area contributed by atoms with Gasteiger partial charge in [0.1, 0.15) is 5.82 Å². The minimum atomic E-state index is -0.387. The first-order valence-corrected chi connectivity index (χ1v) is 10.2. The molecule has 29 heavy (non-hydrogen) atoms. The summed E-state index contributed by atoms with van der Waals surface area (Å²) in [5.41, 5.74) is 1.54. The summed E-state index contributed by atoms with van der Waals surface area (Å²) in [5, 5.41) is 3.64. The number of amides is 2. The second-order valence-corrected chi connectivity index (χ2v) is 7.72. The third-order valence-electron chi connectivity index (χ3n) is 4.81. The van der Waals surface area contributed by atoms with Gasteiger partial charge >= 0.3 is 0 Å². The molecule has 2 aromatic rings. The first kappa shape index (κ1) is 21.4. The Bertz CT molecular complexity index is 894. The SMILES string of the molecule is O=C(Cc1cccc(F)c1)NCC(=O)N1CCCN(c2ccc(Cl)c(Cl)c2)CC1. The zero-order valence-corrected chi connectivity index (χ0v) is 17.3. The molecule has 8 heteroatoms. The third kappa shape index (κ3) is 6.08. The highest BCUT2D eigenvalue weighted by Crippen LogP contribution is 2.27. The second-order valence-electron chi connectivity index (χ2n) is 6.90. The van der Waals surface area contributed by atoms with Gasteiger partial charge in [-0.2, -0.15) is 0 Å². The summed E-state index contributed by atoms with van der Waals surface area (Å²) < 4.78 is 13.2. The maximum absolute atomic E-state index is 13.2. The zero-order valence-electron chi connectivity index (χ0n) is 15.8. The fourth-order valence-corrected chi connectivity index (χ4v) is 3.58. The van der Waals surface area contributed by atoms with Crippen LogP contribution in [0.15, 0.2) is 42.5 Å². The van der Waals surface area contributed by atoms with Crippen molar-refractivity contribution in [2.45, 2.75) is 12.8 Å². The molecule has 1 N–H and O–H groups in total. The number of nitrogens with one attached hydrogen (secondary N) is 1. The molecule has 0 radical (unpaired) electrons. The standard InChI is InChI=1S/C21H22Cl2FN3O2/c22-18-6-5-17(13-19(18)23)26-7-2-8-27(10-9-26)21(29)14-25-20(28)12-15-3-1-4-16(24)11-15/h1,3-6,11,13H,2,7-10,12,14H2,(H,25,28). The van der Waals surface area contributed by atoms with Crippen molar-refractivity contribution in [1.29, 1.82) is 0 Å². The number of hydrogen-bond donors (Lipinski definition) is 1. The average Bonchev–Trinajstić information content (AvgIpc) is 2.94. The molecule has 0 atom stereocenters. The van der Waals surface area contributed by atoms with Crippen LogP contribution in [0, 0.1) is 5.82 Å². The Morgan fingerprint density at radius 2 is 1.83 bits per heavy atom. The van der Waals surface area contributed by atoms with Gasteiger partial charge in [-0.1, -0.05) is 35.3 Å². The van der Waals surface area contributed by atoms with Gasteiger partial charge in [0.15, 0.2) is 0 Å². The van der Waals surface area contributed by atoms with Crippen LogP contribution in [-0.4, -0.2) is 49.4 Å². The molecule has 1 saturated heterocycles. The van der Waals surface area contributed by atoms with Gasteiger partial charge < -0.3 is 15.1 Å². The maximum atomic E-state index is 13.2. The molecule has 1 heterocycles. The van der Waals surface area contributed by atoms with E-state index in [1.54, 1.807) is 23.1 Å². The van der Waals surface area contributed by atoms with Crippen LogP contribution in [0.3, 0.4) is 0 Å². The van der Waals surface area contributed by atoms with Crippen LogP contribution in [-0.2, 0) is 16.0 Å².